The average molecular weight is 257 g/mol. The van der Waals surface area contributed by atoms with Crippen LogP contribution in [0, 0.1) is 5.82 Å². The van der Waals surface area contributed by atoms with Gasteiger partial charge in [0.1, 0.15) is 5.82 Å². The summed E-state index contributed by atoms with van der Waals surface area (Å²) in [7, 11) is 3.37. The van der Waals surface area contributed by atoms with Gasteiger partial charge in [-0.2, -0.15) is 0 Å². The molecule has 0 aliphatic rings. The van der Waals surface area contributed by atoms with Crippen LogP contribution in [0.5, 0.6) is 0 Å². The van der Waals surface area contributed by atoms with Gasteiger partial charge < -0.3 is 10.0 Å². The van der Waals surface area contributed by atoms with Gasteiger partial charge in [-0.1, -0.05) is 0 Å². The Kier molecular flexibility index (Phi) is 4.96. The fraction of sp³-hybridized carbons (Fsp3) is 0.417. The van der Waals surface area contributed by atoms with E-state index in [-0.39, 0.29) is 17.5 Å². The molecule has 1 aromatic carbocycles. The standard InChI is InChI=1S/C12H16FNO2S/c1-8(15)10-6-9(13)4-5-11(10)17-7-12(16)14(2)3/h4-6,8,15H,7H2,1-3H3/t8-/m1/s1. The van der Waals surface area contributed by atoms with E-state index in [2.05, 4.69) is 0 Å². The molecule has 0 aliphatic heterocycles. The van der Waals surface area contributed by atoms with E-state index in [0.29, 0.717) is 5.56 Å². The van der Waals surface area contributed by atoms with Crippen molar-refractivity contribution in [1.82, 2.24) is 4.90 Å². The van der Waals surface area contributed by atoms with Crippen molar-refractivity contribution < 1.29 is 14.3 Å². The lowest BCUT2D eigenvalue weighted by Gasteiger charge is -2.13. The number of nitrogens with zero attached hydrogens (tertiary/aromatic N) is 1. The van der Waals surface area contributed by atoms with Crippen molar-refractivity contribution in [3.05, 3.63) is 29.6 Å². The molecule has 0 spiro atoms. The van der Waals surface area contributed by atoms with E-state index in [4.69, 9.17) is 0 Å². The van der Waals surface area contributed by atoms with Crippen molar-refractivity contribution in [2.24, 2.45) is 0 Å². The molecule has 0 fully saturated rings. The zero-order valence-corrected chi connectivity index (χ0v) is 10.9. The number of carbonyl (C=O) groups excluding carboxylic acids is 1. The van der Waals surface area contributed by atoms with E-state index in [0.717, 1.165) is 4.90 Å². The van der Waals surface area contributed by atoms with E-state index >= 15 is 0 Å². The molecule has 0 unspecified atom stereocenters. The molecule has 0 aliphatic carbocycles. The Morgan fingerprint density at radius 3 is 2.71 bits per heavy atom. The third-order valence-electron chi connectivity index (χ3n) is 2.27. The molecule has 0 radical (unpaired) electrons. The van der Waals surface area contributed by atoms with Gasteiger partial charge in [-0.25, -0.2) is 4.39 Å². The van der Waals surface area contributed by atoms with Gasteiger partial charge >= 0.3 is 0 Å². The predicted octanol–water partition coefficient (Wildman–Crippen LogP) is 2.06. The zero-order valence-electron chi connectivity index (χ0n) is 10.1. The van der Waals surface area contributed by atoms with Crippen molar-refractivity contribution in [2.75, 3.05) is 19.8 Å². The molecule has 1 amide bonds. The van der Waals surface area contributed by atoms with E-state index in [9.17, 15) is 14.3 Å². The van der Waals surface area contributed by atoms with Crippen molar-refractivity contribution in [1.29, 1.82) is 0 Å². The number of amides is 1. The van der Waals surface area contributed by atoms with Crippen molar-refractivity contribution in [2.45, 2.75) is 17.9 Å². The Balaban J connectivity index is 2.80. The Morgan fingerprint density at radius 2 is 2.18 bits per heavy atom. The molecular weight excluding hydrogens is 241 g/mol. The van der Waals surface area contributed by atoms with Crippen molar-refractivity contribution >= 4 is 17.7 Å². The third-order valence-corrected chi connectivity index (χ3v) is 3.35. The summed E-state index contributed by atoms with van der Waals surface area (Å²) < 4.78 is 13.0. The Bertz CT molecular complexity index is 407. The molecule has 1 N–H and O–H groups in total. The topological polar surface area (TPSA) is 40.5 Å². The quantitative estimate of drug-likeness (QED) is 0.839. The van der Waals surface area contributed by atoms with Gasteiger partial charge in [0.25, 0.3) is 0 Å². The van der Waals surface area contributed by atoms with E-state index in [1.165, 1.54) is 28.8 Å². The molecule has 1 aromatic rings. The molecule has 17 heavy (non-hydrogen) atoms. The molecular formula is C12H16FNO2S. The third kappa shape index (κ3) is 4.02. The molecule has 0 aromatic heterocycles. The first-order valence-electron chi connectivity index (χ1n) is 5.22. The van der Waals surface area contributed by atoms with E-state index in [1.54, 1.807) is 27.1 Å². The number of benzene rings is 1. The Hall–Kier alpha value is -1.07. The summed E-state index contributed by atoms with van der Waals surface area (Å²) in [6.45, 7) is 1.58. The van der Waals surface area contributed by atoms with Crippen molar-refractivity contribution in [3.63, 3.8) is 0 Å². The van der Waals surface area contributed by atoms with Crippen LogP contribution in [0.4, 0.5) is 4.39 Å². The lowest BCUT2D eigenvalue weighted by atomic mass is 10.1. The highest BCUT2D eigenvalue weighted by Gasteiger charge is 2.12. The highest BCUT2D eigenvalue weighted by molar-refractivity contribution is 8.00. The normalized spacial score (nSPS) is 12.3. The maximum absolute atomic E-state index is 13.0. The van der Waals surface area contributed by atoms with Crippen LogP contribution in [0.15, 0.2) is 23.1 Å². The van der Waals surface area contributed by atoms with Gasteiger partial charge in [0.2, 0.25) is 5.91 Å². The number of carbonyl (C=O) groups is 1. The smallest absolute Gasteiger partial charge is 0.232 e. The summed E-state index contributed by atoms with van der Waals surface area (Å²) in [6, 6.07) is 4.21. The molecule has 0 saturated heterocycles. The first kappa shape index (κ1) is 14.0. The summed E-state index contributed by atoms with van der Waals surface area (Å²) in [5.41, 5.74) is 0.515. The fourth-order valence-electron chi connectivity index (χ4n) is 1.25. The fourth-order valence-corrected chi connectivity index (χ4v) is 2.34. The number of rotatable bonds is 4. The van der Waals surface area contributed by atoms with Crippen LogP contribution in [-0.2, 0) is 4.79 Å². The Morgan fingerprint density at radius 1 is 1.53 bits per heavy atom. The lowest BCUT2D eigenvalue weighted by molar-refractivity contribution is -0.125. The number of halogens is 1. The number of hydrogen-bond acceptors (Lipinski definition) is 3. The number of thioether (sulfide) groups is 1. The molecule has 3 nitrogen and oxygen atoms in total. The van der Waals surface area contributed by atoms with Gasteiger partial charge in [-0.15, -0.1) is 11.8 Å². The molecule has 94 valence electrons. The summed E-state index contributed by atoms with van der Waals surface area (Å²) >= 11 is 1.30. The molecule has 1 rings (SSSR count). The minimum absolute atomic E-state index is 0.0177. The second kappa shape index (κ2) is 6.02. The second-order valence-corrected chi connectivity index (χ2v) is 4.95. The minimum Gasteiger partial charge on any atom is -0.389 e. The second-order valence-electron chi connectivity index (χ2n) is 3.93. The molecule has 0 saturated carbocycles. The molecule has 0 heterocycles. The number of aliphatic hydroxyl groups is 1. The minimum atomic E-state index is -0.748. The maximum atomic E-state index is 13.0. The van der Waals surface area contributed by atoms with Gasteiger partial charge in [-0.3, -0.25) is 4.79 Å². The van der Waals surface area contributed by atoms with Crippen LogP contribution in [-0.4, -0.2) is 35.8 Å². The predicted molar refractivity (Wildman–Crippen MR) is 66.5 cm³/mol. The molecule has 0 bridgehead atoms. The maximum Gasteiger partial charge on any atom is 0.232 e. The largest absolute Gasteiger partial charge is 0.389 e. The van der Waals surface area contributed by atoms with Gasteiger partial charge in [-0.05, 0) is 30.7 Å². The van der Waals surface area contributed by atoms with E-state index in [1.807, 2.05) is 0 Å². The van der Waals surface area contributed by atoms with Crippen LogP contribution in [0.2, 0.25) is 0 Å². The first-order valence-corrected chi connectivity index (χ1v) is 6.21. The highest BCUT2D eigenvalue weighted by Crippen LogP contribution is 2.28. The first-order chi connectivity index (χ1) is 7.91. The van der Waals surface area contributed by atoms with Crippen molar-refractivity contribution in [3.8, 4) is 0 Å². The van der Waals surface area contributed by atoms with Crippen LogP contribution in [0.3, 0.4) is 0 Å². The number of hydrogen-bond donors (Lipinski definition) is 1. The van der Waals surface area contributed by atoms with Gasteiger partial charge in [0.15, 0.2) is 0 Å². The SMILES string of the molecule is C[C@@H](O)c1cc(F)ccc1SCC(=O)N(C)C. The average Bonchev–Trinajstić information content (AvgIpc) is 2.26. The highest BCUT2D eigenvalue weighted by atomic mass is 32.2. The number of aliphatic hydroxyl groups excluding tert-OH is 1. The van der Waals surface area contributed by atoms with E-state index < -0.39 is 6.10 Å². The zero-order chi connectivity index (χ0) is 13.0. The molecule has 5 heteroatoms. The monoisotopic (exact) mass is 257 g/mol. The van der Waals surface area contributed by atoms with Crippen LogP contribution >= 0.6 is 11.8 Å². The van der Waals surface area contributed by atoms with Gasteiger partial charge in [0, 0.05) is 19.0 Å². The van der Waals surface area contributed by atoms with Crippen LogP contribution < -0.4 is 0 Å². The van der Waals surface area contributed by atoms with Gasteiger partial charge in [0.05, 0.1) is 11.9 Å². The summed E-state index contributed by atoms with van der Waals surface area (Å²) in [4.78, 5) is 13.7. The summed E-state index contributed by atoms with van der Waals surface area (Å²) in [6.07, 6.45) is -0.748. The van der Waals surface area contributed by atoms with Crippen LogP contribution in [0.1, 0.15) is 18.6 Å². The lowest BCUT2D eigenvalue weighted by Crippen LogP contribution is -2.23. The Labute approximate surface area is 105 Å². The van der Waals surface area contributed by atoms with Crippen LogP contribution in [0.25, 0.3) is 0 Å². The summed E-state index contributed by atoms with van der Waals surface area (Å²) in [5, 5.41) is 9.53. The summed E-state index contributed by atoms with van der Waals surface area (Å²) in [5.74, 6) is -0.127. The molecule has 1 atom stereocenters.